The van der Waals surface area contributed by atoms with E-state index in [1.165, 1.54) is 19.4 Å². The van der Waals surface area contributed by atoms with Gasteiger partial charge in [0.05, 0.1) is 8.07 Å². The van der Waals surface area contributed by atoms with E-state index >= 15 is 0 Å². The number of hydrogen-bond donors (Lipinski definition) is 0. The van der Waals surface area contributed by atoms with Gasteiger partial charge in [0.15, 0.2) is 0 Å². The predicted molar refractivity (Wildman–Crippen MR) is 177 cm³/mol. The van der Waals surface area contributed by atoms with Gasteiger partial charge < -0.3 is 24.4 Å². The summed E-state index contributed by atoms with van der Waals surface area (Å²) in [5.41, 5.74) is 3.46. The van der Waals surface area contributed by atoms with Gasteiger partial charge in [-0.2, -0.15) is 0 Å². The Balaban J connectivity index is -0.000000130. The van der Waals surface area contributed by atoms with E-state index in [0.717, 1.165) is 23.7 Å². The Kier molecular flexibility index (Phi) is 31.5. The maximum atomic E-state index is 11.1. The van der Waals surface area contributed by atoms with Crippen molar-refractivity contribution < 1.29 is 19.2 Å². The lowest BCUT2D eigenvalue weighted by Crippen LogP contribution is -2.31. The summed E-state index contributed by atoms with van der Waals surface area (Å²) in [5, 5.41) is 0. The first-order valence-electron chi connectivity index (χ1n) is 13.4. The second kappa shape index (κ2) is 26.7. The van der Waals surface area contributed by atoms with Gasteiger partial charge in [0.2, 0.25) is 17.7 Å². The number of nitrogens with zero attached hydrogens (tertiary/aromatic N) is 4. The Hall–Kier alpha value is -2.52. The van der Waals surface area contributed by atoms with Crippen LogP contribution in [0.4, 0.5) is 0 Å². The Morgan fingerprint density at radius 3 is 0.925 bits per heavy atom. The largest absolute Gasteiger partial charge is 0.349 e. The van der Waals surface area contributed by atoms with Crippen LogP contribution in [0.5, 0.6) is 0 Å². The molecule has 40 heavy (non-hydrogen) atoms. The van der Waals surface area contributed by atoms with Crippen LogP contribution in [-0.4, -0.2) is 114 Å². The molecular weight excluding hydrogens is 520 g/mol. The van der Waals surface area contributed by atoms with E-state index < -0.39 is 8.07 Å². The first-order chi connectivity index (χ1) is 17.8. The van der Waals surface area contributed by atoms with E-state index in [4.69, 9.17) is 0 Å². The van der Waals surface area contributed by atoms with Gasteiger partial charge in [-0.15, -0.1) is 0 Å². The summed E-state index contributed by atoms with van der Waals surface area (Å²) >= 11 is 0. The van der Waals surface area contributed by atoms with Crippen molar-refractivity contribution in [3.8, 4) is 0 Å². The summed E-state index contributed by atoms with van der Waals surface area (Å²) < 4.78 is 0. The standard InChI is InChI=1S/C7H17NOSi.2C7H13NO.C7H15N.C3H6O/c1-8(2)7(9)6-10(3,4)5;2*1-6(2)5-7(9)8(3)4;1-7(2)5-6-8(3)4;1-3(2)4/h6H2,1-5H3;2*5H,1-4H3;5H,6H2,1-4H3;1-2H3. The lowest BCUT2D eigenvalue weighted by molar-refractivity contribution is -0.126. The molecule has 0 spiro atoms. The number of allylic oxidation sites excluding steroid dienone is 3. The molecule has 3 amide bonds. The SMILES string of the molecule is CC(C)=CC(=O)N(C)C.CC(C)=CC(=O)N(C)C.CC(C)=CCN(C)C.CC(C)=O.CN(C)C(=O)C[Si](C)(C)C. The molecule has 0 aliphatic rings. The number of carbonyl (C=O) groups is 4. The molecule has 9 heteroatoms. The van der Waals surface area contributed by atoms with E-state index in [0.29, 0.717) is 0 Å². The smallest absolute Gasteiger partial charge is 0.245 e. The van der Waals surface area contributed by atoms with Crippen LogP contribution in [0, 0.1) is 0 Å². The van der Waals surface area contributed by atoms with Gasteiger partial charge in [-0.1, -0.05) is 42.4 Å². The summed E-state index contributed by atoms with van der Waals surface area (Å²) in [7, 11) is 13.5. The van der Waals surface area contributed by atoms with Crippen molar-refractivity contribution in [2.24, 2.45) is 0 Å². The monoisotopic (exact) mass is 584 g/mol. The first kappa shape index (κ1) is 47.3. The maximum absolute atomic E-state index is 11.1. The highest BCUT2D eigenvalue weighted by Crippen LogP contribution is 2.08. The van der Waals surface area contributed by atoms with Gasteiger partial charge >= 0.3 is 0 Å². The van der Waals surface area contributed by atoms with Crippen LogP contribution in [0.15, 0.2) is 34.9 Å². The molecule has 0 bridgehead atoms. The molecule has 0 fully saturated rings. The van der Waals surface area contributed by atoms with Crippen molar-refractivity contribution in [2.45, 2.75) is 81.1 Å². The molecule has 0 atom stereocenters. The lowest BCUT2D eigenvalue weighted by atomic mass is 10.3. The van der Waals surface area contributed by atoms with Gasteiger partial charge in [-0.25, -0.2) is 0 Å². The molecule has 8 nitrogen and oxygen atoms in total. The summed E-state index contributed by atoms with van der Waals surface area (Å²) in [6.07, 6.45) is 5.43. The van der Waals surface area contributed by atoms with Crippen LogP contribution in [0.3, 0.4) is 0 Å². The zero-order valence-electron chi connectivity index (χ0n) is 29.6. The average Bonchev–Trinajstić information content (AvgIpc) is 2.71. The van der Waals surface area contributed by atoms with E-state index in [-0.39, 0.29) is 23.5 Å². The number of carbonyl (C=O) groups excluding carboxylic acids is 4. The molecule has 0 N–H and O–H groups in total. The number of likely N-dealkylation sites (N-methyl/N-ethyl adjacent to an activating group) is 3. The Morgan fingerprint density at radius 2 is 0.850 bits per heavy atom. The molecule has 0 saturated heterocycles. The van der Waals surface area contributed by atoms with E-state index in [1.54, 1.807) is 55.0 Å². The van der Waals surface area contributed by atoms with Gasteiger partial charge in [0.1, 0.15) is 5.78 Å². The topological polar surface area (TPSA) is 81.2 Å². The second-order valence-corrected chi connectivity index (χ2v) is 17.9. The highest BCUT2D eigenvalue weighted by molar-refractivity contribution is 6.78. The average molecular weight is 585 g/mol. The molecule has 0 aromatic rings. The van der Waals surface area contributed by atoms with Crippen LogP contribution < -0.4 is 0 Å². The van der Waals surface area contributed by atoms with E-state index in [9.17, 15) is 19.2 Å². The second-order valence-electron chi connectivity index (χ2n) is 12.4. The Morgan fingerprint density at radius 1 is 0.550 bits per heavy atom. The van der Waals surface area contributed by atoms with E-state index in [2.05, 4.69) is 58.6 Å². The highest BCUT2D eigenvalue weighted by atomic mass is 28.3. The first-order valence-corrected chi connectivity index (χ1v) is 17.1. The third-order valence-electron chi connectivity index (χ3n) is 3.75. The quantitative estimate of drug-likeness (QED) is 0.231. The number of rotatable bonds is 6. The molecule has 0 heterocycles. The summed E-state index contributed by atoms with van der Waals surface area (Å²) in [4.78, 5) is 49.1. The molecule has 0 aromatic heterocycles. The van der Waals surface area contributed by atoms with Crippen LogP contribution in [0.25, 0.3) is 0 Å². The molecule has 0 aliphatic carbocycles. The molecule has 0 aromatic carbocycles. The van der Waals surface area contributed by atoms with Crippen LogP contribution in [-0.2, 0) is 19.2 Å². The van der Waals surface area contributed by atoms with Gasteiger partial charge in [-0.05, 0) is 69.5 Å². The molecular formula is C31H64N4O4Si. The zero-order valence-corrected chi connectivity index (χ0v) is 30.6. The summed E-state index contributed by atoms with van der Waals surface area (Å²) in [6.45, 7) is 22.6. The minimum Gasteiger partial charge on any atom is -0.349 e. The van der Waals surface area contributed by atoms with Crippen LogP contribution in [0.2, 0.25) is 25.7 Å². The fourth-order valence-corrected chi connectivity index (χ4v) is 2.95. The van der Waals surface area contributed by atoms with Crippen molar-refractivity contribution in [1.82, 2.24) is 19.6 Å². The highest BCUT2D eigenvalue weighted by Gasteiger charge is 2.18. The van der Waals surface area contributed by atoms with Gasteiger partial charge in [0.25, 0.3) is 0 Å². The summed E-state index contributed by atoms with van der Waals surface area (Å²) in [6, 6.07) is 0.764. The molecule has 0 unspecified atom stereocenters. The molecule has 236 valence electrons. The normalized spacial score (nSPS) is 9.20. The number of amides is 3. The third kappa shape index (κ3) is 55.9. The molecule has 0 aliphatic heterocycles. The van der Waals surface area contributed by atoms with Crippen molar-refractivity contribution >= 4 is 31.6 Å². The third-order valence-corrected chi connectivity index (χ3v) is 5.11. The van der Waals surface area contributed by atoms with Crippen molar-refractivity contribution in [2.75, 3.05) is 62.9 Å². The molecule has 0 rings (SSSR count). The minimum absolute atomic E-state index is 0.0509. The van der Waals surface area contributed by atoms with Gasteiger partial charge in [-0.3, -0.25) is 14.4 Å². The fourth-order valence-electron chi connectivity index (χ4n) is 1.73. The molecule has 0 radical (unpaired) electrons. The van der Waals surface area contributed by atoms with Crippen molar-refractivity contribution in [1.29, 1.82) is 0 Å². The lowest BCUT2D eigenvalue weighted by Gasteiger charge is -2.18. The fraction of sp³-hybridized carbons (Fsp3) is 0.677. The van der Waals surface area contributed by atoms with Crippen LogP contribution in [0.1, 0.15) is 55.4 Å². The Labute approximate surface area is 249 Å². The van der Waals surface area contributed by atoms with Crippen molar-refractivity contribution in [3.05, 3.63) is 34.9 Å². The van der Waals surface area contributed by atoms with Crippen LogP contribution >= 0.6 is 0 Å². The number of ketones is 1. The maximum Gasteiger partial charge on any atom is 0.245 e. The Bertz CT molecular complexity index is 770. The summed E-state index contributed by atoms with van der Waals surface area (Å²) in [5.74, 6) is 0.532. The van der Waals surface area contributed by atoms with Crippen molar-refractivity contribution in [3.63, 3.8) is 0 Å². The zero-order chi connectivity index (χ0) is 33.4. The molecule has 0 saturated carbocycles. The minimum atomic E-state index is -1.17. The van der Waals surface area contributed by atoms with Gasteiger partial charge in [0, 0.05) is 67.0 Å². The number of hydrogen-bond acceptors (Lipinski definition) is 5. The predicted octanol–water partition coefficient (Wildman–Crippen LogP) is 5.60. The van der Waals surface area contributed by atoms with E-state index in [1.807, 2.05) is 41.8 Å². The number of Topliss-reactive ketones (excluding diaryl/α,β-unsaturated/α-hetero) is 1.